The highest BCUT2D eigenvalue weighted by atomic mass is 35.5. The fourth-order valence-corrected chi connectivity index (χ4v) is 2.31. The smallest absolute Gasteiger partial charge is 0.337 e. The van der Waals surface area contributed by atoms with Crippen molar-refractivity contribution >= 4 is 23.4 Å². The molecule has 0 saturated heterocycles. The number of nitrogens with zero attached hydrogens (tertiary/aromatic N) is 1. The maximum atomic E-state index is 11.0. The molecule has 104 valence electrons. The minimum atomic E-state index is -1.07. The van der Waals surface area contributed by atoms with Crippen molar-refractivity contribution in [1.82, 2.24) is 4.98 Å². The summed E-state index contributed by atoms with van der Waals surface area (Å²) < 4.78 is 0. The average Bonchev–Trinajstić information content (AvgIpc) is 2.41. The van der Waals surface area contributed by atoms with Gasteiger partial charge in [0, 0.05) is 6.20 Å². The summed E-state index contributed by atoms with van der Waals surface area (Å²) in [5, 5.41) is 12.3. The van der Waals surface area contributed by atoms with Gasteiger partial charge in [0.15, 0.2) is 0 Å². The molecule has 0 aliphatic heterocycles. The molecule has 0 aliphatic carbocycles. The Hall–Kier alpha value is -2.07. The van der Waals surface area contributed by atoms with E-state index in [4.69, 9.17) is 16.7 Å². The Bertz CT molecular complexity index is 644. The molecule has 2 aromatic rings. The van der Waals surface area contributed by atoms with Gasteiger partial charge in [0.2, 0.25) is 0 Å². The second-order valence-electron chi connectivity index (χ2n) is 4.55. The van der Waals surface area contributed by atoms with Crippen LogP contribution in [0.25, 0.3) is 0 Å². The lowest BCUT2D eigenvalue weighted by Gasteiger charge is -2.18. The van der Waals surface area contributed by atoms with Crippen LogP contribution in [0.3, 0.4) is 0 Å². The fourth-order valence-electron chi connectivity index (χ4n) is 2.06. The first kappa shape index (κ1) is 14.3. The minimum Gasteiger partial charge on any atom is -0.478 e. The van der Waals surface area contributed by atoms with Crippen molar-refractivity contribution in [1.29, 1.82) is 0 Å². The zero-order chi connectivity index (χ0) is 14.7. The number of benzene rings is 1. The fraction of sp³-hybridized carbons (Fsp3) is 0.200. The summed E-state index contributed by atoms with van der Waals surface area (Å²) in [6.07, 6.45) is 1.43. The van der Waals surface area contributed by atoms with E-state index in [1.807, 2.05) is 38.1 Å². The molecule has 2 N–H and O–H groups in total. The van der Waals surface area contributed by atoms with Crippen molar-refractivity contribution in [3.63, 3.8) is 0 Å². The van der Waals surface area contributed by atoms with Crippen molar-refractivity contribution in [3.05, 3.63) is 58.2 Å². The van der Waals surface area contributed by atoms with Crippen molar-refractivity contribution < 1.29 is 9.90 Å². The number of hydrogen-bond acceptors (Lipinski definition) is 3. The summed E-state index contributed by atoms with van der Waals surface area (Å²) in [5.74, 6) is -0.689. The lowest BCUT2D eigenvalue weighted by atomic mass is 10.0. The number of anilines is 1. The molecule has 0 bridgehead atoms. The van der Waals surface area contributed by atoms with Crippen molar-refractivity contribution in [2.24, 2.45) is 0 Å². The van der Waals surface area contributed by atoms with Gasteiger partial charge in [0.1, 0.15) is 5.82 Å². The number of aromatic carboxylic acids is 1. The number of carboxylic acids is 1. The van der Waals surface area contributed by atoms with Crippen LogP contribution in [0.2, 0.25) is 5.02 Å². The molecule has 1 heterocycles. The number of aryl methyl sites for hydroxylation is 1. The quantitative estimate of drug-likeness (QED) is 0.896. The van der Waals surface area contributed by atoms with Crippen molar-refractivity contribution in [2.45, 2.75) is 19.9 Å². The summed E-state index contributed by atoms with van der Waals surface area (Å²) in [7, 11) is 0. The average molecular weight is 291 g/mol. The van der Waals surface area contributed by atoms with Gasteiger partial charge in [-0.2, -0.15) is 0 Å². The predicted molar refractivity (Wildman–Crippen MR) is 79.4 cm³/mol. The Morgan fingerprint density at radius 2 is 2.05 bits per heavy atom. The summed E-state index contributed by atoms with van der Waals surface area (Å²) >= 11 is 6.07. The van der Waals surface area contributed by atoms with Crippen molar-refractivity contribution in [2.75, 3.05) is 5.32 Å². The third-order valence-electron chi connectivity index (χ3n) is 3.13. The first-order chi connectivity index (χ1) is 9.50. The summed E-state index contributed by atoms with van der Waals surface area (Å²) in [5.41, 5.74) is 2.31. The molecule has 1 unspecified atom stereocenters. The topological polar surface area (TPSA) is 62.2 Å². The molecule has 0 spiro atoms. The van der Waals surface area contributed by atoms with E-state index in [-0.39, 0.29) is 16.6 Å². The molecule has 0 radical (unpaired) electrons. The van der Waals surface area contributed by atoms with Gasteiger partial charge in [-0.3, -0.25) is 0 Å². The molecule has 2 rings (SSSR count). The number of carboxylic acid groups (broad SMARTS) is 1. The molecule has 1 aromatic carbocycles. The number of nitrogens with one attached hydrogen (secondary N) is 1. The van der Waals surface area contributed by atoms with E-state index in [1.54, 1.807) is 0 Å². The first-order valence-electron chi connectivity index (χ1n) is 6.20. The highest BCUT2D eigenvalue weighted by Gasteiger charge is 2.15. The zero-order valence-electron chi connectivity index (χ0n) is 11.2. The lowest BCUT2D eigenvalue weighted by Crippen LogP contribution is -2.11. The van der Waals surface area contributed by atoms with Crippen molar-refractivity contribution in [3.8, 4) is 0 Å². The number of pyridine rings is 1. The minimum absolute atomic E-state index is 0.0229. The van der Waals surface area contributed by atoms with E-state index in [2.05, 4.69) is 10.3 Å². The Kier molecular flexibility index (Phi) is 4.25. The molecule has 0 amide bonds. The van der Waals surface area contributed by atoms with Crippen LogP contribution in [0, 0.1) is 6.92 Å². The summed E-state index contributed by atoms with van der Waals surface area (Å²) in [6, 6.07) is 9.34. The van der Waals surface area contributed by atoms with Gasteiger partial charge < -0.3 is 10.4 Å². The maximum absolute atomic E-state index is 11.0. The second-order valence-corrected chi connectivity index (χ2v) is 4.93. The molecular formula is C15H15ClN2O2. The lowest BCUT2D eigenvalue weighted by molar-refractivity contribution is 0.0697. The van der Waals surface area contributed by atoms with E-state index in [0.29, 0.717) is 5.82 Å². The van der Waals surface area contributed by atoms with E-state index < -0.39 is 5.97 Å². The first-order valence-corrected chi connectivity index (χ1v) is 6.58. The zero-order valence-corrected chi connectivity index (χ0v) is 12.0. The largest absolute Gasteiger partial charge is 0.478 e. The van der Waals surface area contributed by atoms with Crippen LogP contribution in [-0.2, 0) is 0 Å². The van der Waals surface area contributed by atoms with E-state index in [1.165, 1.54) is 12.3 Å². The van der Waals surface area contributed by atoms with Crippen LogP contribution in [-0.4, -0.2) is 16.1 Å². The van der Waals surface area contributed by atoms with Gasteiger partial charge in [-0.25, -0.2) is 9.78 Å². The Morgan fingerprint density at radius 3 is 2.70 bits per heavy atom. The standard InChI is InChI=1S/C15H15ClN2O2/c1-9-5-3-4-6-11(9)10(2)18-14-13(16)12(15(19)20)7-8-17-14/h3-8,10H,1-2H3,(H,17,18)(H,19,20). The van der Waals surface area contributed by atoms with Crippen LogP contribution in [0.15, 0.2) is 36.5 Å². The van der Waals surface area contributed by atoms with E-state index in [9.17, 15) is 4.79 Å². The molecule has 0 aliphatic rings. The monoisotopic (exact) mass is 290 g/mol. The molecule has 0 saturated carbocycles. The van der Waals surface area contributed by atoms with Gasteiger partial charge >= 0.3 is 5.97 Å². The maximum Gasteiger partial charge on any atom is 0.337 e. The molecule has 0 fully saturated rings. The van der Waals surface area contributed by atoms with Gasteiger partial charge in [0.05, 0.1) is 16.6 Å². The van der Waals surface area contributed by atoms with Crippen LogP contribution in [0.5, 0.6) is 0 Å². The van der Waals surface area contributed by atoms with Gasteiger partial charge in [-0.15, -0.1) is 0 Å². The van der Waals surface area contributed by atoms with Gasteiger partial charge in [-0.05, 0) is 31.0 Å². The number of carbonyl (C=O) groups is 1. The number of halogens is 1. The third kappa shape index (κ3) is 2.91. The van der Waals surface area contributed by atoms with Gasteiger partial charge in [-0.1, -0.05) is 35.9 Å². The number of rotatable bonds is 4. The van der Waals surface area contributed by atoms with Crippen LogP contribution in [0.1, 0.15) is 34.5 Å². The van der Waals surface area contributed by atoms with Crippen LogP contribution >= 0.6 is 11.6 Å². The normalized spacial score (nSPS) is 11.9. The highest BCUT2D eigenvalue weighted by Crippen LogP contribution is 2.28. The third-order valence-corrected chi connectivity index (χ3v) is 3.51. The Balaban J connectivity index is 2.29. The molecule has 1 atom stereocenters. The summed E-state index contributed by atoms with van der Waals surface area (Å²) in [6.45, 7) is 4.00. The molecular weight excluding hydrogens is 276 g/mol. The number of hydrogen-bond donors (Lipinski definition) is 2. The Labute approximate surface area is 122 Å². The molecule has 5 heteroatoms. The number of aromatic nitrogens is 1. The SMILES string of the molecule is Cc1ccccc1C(C)Nc1nccc(C(=O)O)c1Cl. The van der Waals surface area contributed by atoms with Gasteiger partial charge in [0.25, 0.3) is 0 Å². The highest BCUT2D eigenvalue weighted by molar-refractivity contribution is 6.35. The van der Waals surface area contributed by atoms with Crippen LogP contribution in [0.4, 0.5) is 5.82 Å². The Morgan fingerprint density at radius 1 is 1.35 bits per heavy atom. The van der Waals surface area contributed by atoms with Crippen LogP contribution < -0.4 is 5.32 Å². The molecule has 20 heavy (non-hydrogen) atoms. The van der Waals surface area contributed by atoms with E-state index >= 15 is 0 Å². The predicted octanol–water partition coefficient (Wildman–Crippen LogP) is 3.91. The second kappa shape index (κ2) is 5.92. The molecule has 4 nitrogen and oxygen atoms in total. The summed E-state index contributed by atoms with van der Waals surface area (Å²) in [4.78, 5) is 15.2. The molecule has 1 aromatic heterocycles. The van der Waals surface area contributed by atoms with E-state index in [0.717, 1.165) is 11.1 Å².